The third-order valence-electron chi connectivity index (χ3n) is 23.2. The van der Waals surface area contributed by atoms with Crippen LogP contribution in [0.3, 0.4) is 0 Å². The van der Waals surface area contributed by atoms with E-state index in [-0.39, 0.29) is 64.5 Å². The van der Waals surface area contributed by atoms with E-state index < -0.39 is 241 Å². The fourth-order valence-corrected chi connectivity index (χ4v) is 16.5. The second kappa shape index (κ2) is 51.2. The minimum Gasteiger partial charge on any atom is -0.481 e. The van der Waals surface area contributed by atoms with Gasteiger partial charge in [0, 0.05) is 119 Å². The van der Waals surface area contributed by atoms with Crippen molar-refractivity contribution in [2.75, 3.05) is 50.7 Å². The molecule has 0 spiro atoms. The molecule has 0 aliphatic carbocycles. The number of H-pyrrole nitrogens is 4. The number of guanidine groups is 1. The number of carboxylic acid groups (broad SMARTS) is 2. The highest BCUT2D eigenvalue weighted by Crippen LogP contribution is 2.27. The molecule has 0 unspecified atom stereocenters. The van der Waals surface area contributed by atoms with Crippen LogP contribution in [0.5, 0.6) is 0 Å². The summed E-state index contributed by atoms with van der Waals surface area (Å²) in [6, 6.07) is 5.06. The molecule has 1 fully saturated rings. The Morgan fingerprint density at radius 1 is 0.456 bits per heavy atom. The van der Waals surface area contributed by atoms with Crippen LogP contribution in [0, 0.1) is 17.2 Å². The Kier molecular flexibility index (Phi) is 39.9. The third-order valence-corrected chi connectivity index (χ3v) is 24.2. The summed E-state index contributed by atoms with van der Waals surface area (Å²) in [5, 5.41) is 96.4. The molecule has 0 bridgehead atoms. The number of aliphatic carboxylic acids is 2. The van der Waals surface area contributed by atoms with Gasteiger partial charge in [0.1, 0.15) is 84.6 Å². The molecule has 1 aliphatic heterocycles. The van der Waals surface area contributed by atoms with Gasteiger partial charge < -0.3 is 136 Å². The summed E-state index contributed by atoms with van der Waals surface area (Å²) in [7, 11) is 0. The number of aromatic nitrogens is 4. The predicted octanol–water partition coefficient (Wildman–Crippen LogP) is -1.90. The molecule has 14 amide bonds. The van der Waals surface area contributed by atoms with E-state index in [9.17, 15) is 73.5 Å². The van der Waals surface area contributed by atoms with E-state index in [1.54, 1.807) is 131 Å². The maximum Gasteiger partial charge on any atom is 0.328 e. The van der Waals surface area contributed by atoms with Crippen molar-refractivity contribution in [2.45, 2.75) is 202 Å². The zero-order valence-electron chi connectivity index (χ0n) is 76.0. The fraction of sp³-hybridized carbons (Fsp3) is 0.462. The quantitative estimate of drug-likeness (QED) is 0.00857. The van der Waals surface area contributed by atoms with Crippen LogP contribution in [0.25, 0.3) is 43.6 Å². The highest BCUT2D eigenvalue weighted by Gasteiger charge is 2.42. The number of para-hydroxylation sites is 4. The van der Waals surface area contributed by atoms with Gasteiger partial charge in [-0.15, -0.1) is 0 Å². The van der Waals surface area contributed by atoms with Crippen LogP contribution in [-0.2, 0) is 102 Å². The van der Waals surface area contributed by atoms with Crippen LogP contribution in [-0.4, -0.2) is 292 Å². The number of nitrogens with two attached hydrogens (primary N) is 2. The van der Waals surface area contributed by atoms with Gasteiger partial charge in [-0.2, -0.15) is 24.4 Å². The van der Waals surface area contributed by atoms with E-state index in [0.717, 1.165) is 10.9 Å². The van der Waals surface area contributed by atoms with Gasteiger partial charge in [0.05, 0.1) is 25.9 Å². The minimum absolute atomic E-state index is 0.00297. The van der Waals surface area contributed by atoms with Crippen molar-refractivity contribution in [3.63, 3.8) is 0 Å². The SMILES string of the molecule is CSCC[C@H](N)C(=O)N1CCC[C@H]1C(=O)N[C@@H](Cc1c[nH]c2ccccc12)C(=O)N[C@@H](Cc1c[nH]c2ccccc12)C(=O)N[C@@H](CO)C(=O)N[C@@H](CCCNC(=N)N)C(=O)N[C@@H](Cc1c[nH]c2ccccc12)C(=O)N[C@H](C(=O)N[C@@H](CC(C)C)C(=O)N[C@@H](Cc1c[nH]c2ccccc12)C(=O)N[C@@H](CCC(=O)O)C(=O)N[C@@H](CO)C(=O)N[C@@H](CS)C(=O)N[C@@H](C)C(=O)N[C@@H](CO)C(=O)O)C(C)C. The van der Waals surface area contributed by atoms with E-state index >= 15 is 28.8 Å². The zero-order valence-corrected chi connectivity index (χ0v) is 77.7. The Labute approximate surface area is 791 Å². The number of carbonyl (C=O) groups excluding carboxylic acids is 14. The molecule has 0 radical (unpaired) electrons. The molecule has 0 saturated carbocycles. The predicted molar refractivity (Wildman–Crippen MR) is 508 cm³/mol. The molecule has 1 saturated heterocycles. The normalized spacial score (nSPS) is 15.7. The van der Waals surface area contributed by atoms with Gasteiger partial charge in [-0.1, -0.05) is 100 Å². The number of fused-ring (bicyclic) bond motifs is 4. The number of amides is 14. The van der Waals surface area contributed by atoms with Crippen molar-refractivity contribution < 1.29 is 102 Å². The molecule has 43 nitrogen and oxygen atoms in total. The van der Waals surface area contributed by atoms with Gasteiger partial charge in [0.2, 0.25) is 82.7 Å². The second-order valence-electron chi connectivity index (χ2n) is 34.1. The lowest BCUT2D eigenvalue weighted by Gasteiger charge is -2.30. The lowest BCUT2D eigenvalue weighted by Crippen LogP contribution is -2.62. The molecule has 734 valence electrons. The number of rotatable bonds is 53. The number of benzene rings is 4. The Bertz CT molecular complexity index is 5580. The number of hydrogen-bond acceptors (Lipinski definition) is 23. The molecule has 9 rings (SSSR count). The third kappa shape index (κ3) is 29.7. The Balaban J connectivity index is 0.950. The molecule has 15 atom stereocenters. The van der Waals surface area contributed by atoms with Crippen LogP contribution in [0.15, 0.2) is 122 Å². The standard InChI is InChI=1S/C91H122N22O21S2/c1-46(2)33-64(79(122)104-65(34-49-38-96-58-21-11-7-17-53(49)58)80(123)102-63(27-28-74(117)118)78(121)108-70(43-115)85(128)111-72(45-135)86(129)100-48(5)76(119)110-71(44-116)90(133)134)107-88(131)75(47(3)4)112-83(126)68(37-52-41-99-61-24-14-10-20-56(52)61)103-77(120)62(25-15-30-95-91(93)94)101-84(127)69(42-114)109-82(125)66(35-50-39-97-59-22-12-8-18-54(50)59)105-81(124)67(36-51-40-98-60-23-13-9-19-55(51)60)106-87(130)73-26-16-31-113(73)89(132)57(92)29-32-136-6/h7-14,17-24,38-41,46-48,57,62-73,75,96-99,114-116,135H,15-16,25-37,42-45,92H2,1-6H3,(H,100,129)(H,101,127)(H,102,123)(H,103,120)(H,104,122)(H,105,124)(H,106,130)(H,107,131)(H,108,121)(H,109,125)(H,110,119)(H,111,128)(H,112,126)(H,117,118)(H,133,134)(H4,93,94,95)/t48-,57-,62-,63-,64-,65-,66-,67-,68-,69-,70-,71-,72-,73-,75-/m0/s1. The number of likely N-dealkylation sites (tertiary alicyclic amines) is 1. The van der Waals surface area contributed by atoms with Crippen molar-refractivity contribution in [3.8, 4) is 0 Å². The Morgan fingerprint density at radius 3 is 1.21 bits per heavy atom. The summed E-state index contributed by atoms with van der Waals surface area (Å²) in [6.45, 7) is 4.74. The molecule has 8 aromatic rings. The Morgan fingerprint density at radius 2 is 0.816 bits per heavy atom. The van der Waals surface area contributed by atoms with E-state index in [4.69, 9.17) is 16.9 Å². The van der Waals surface area contributed by atoms with Gasteiger partial charge >= 0.3 is 11.9 Å². The molecular weight excluding hydrogens is 1800 g/mol. The molecule has 45 heteroatoms. The molecule has 1 aliphatic rings. The summed E-state index contributed by atoms with van der Waals surface area (Å²) in [5.74, 6) is -18.1. The van der Waals surface area contributed by atoms with Crippen molar-refractivity contribution in [1.29, 1.82) is 5.41 Å². The first-order valence-corrected chi connectivity index (χ1v) is 46.6. The maximum atomic E-state index is 15.4. The van der Waals surface area contributed by atoms with Crippen molar-refractivity contribution >= 4 is 169 Å². The average molecular weight is 1920 g/mol. The summed E-state index contributed by atoms with van der Waals surface area (Å²) >= 11 is 5.62. The summed E-state index contributed by atoms with van der Waals surface area (Å²) in [6.07, 6.45) is 6.66. The van der Waals surface area contributed by atoms with Crippen LogP contribution in [0.1, 0.15) is 108 Å². The minimum atomic E-state index is -1.91. The van der Waals surface area contributed by atoms with Gasteiger partial charge in [0.15, 0.2) is 5.96 Å². The first kappa shape index (κ1) is 106. The van der Waals surface area contributed by atoms with Crippen LogP contribution >= 0.6 is 24.4 Å². The molecule has 136 heavy (non-hydrogen) atoms. The van der Waals surface area contributed by atoms with Gasteiger partial charge in [0.25, 0.3) is 0 Å². The molecule has 5 heterocycles. The first-order chi connectivity index (χ1) is 64.9. The number of carbonyl (C=O) groups is 16. The molecular formula is C91H122N22O21S2. The largest absolute Gasteiger partial charge is 0.481 e. The van der Waals surface area contributed by atoms with E-state index in [0.29, 0.717) is 73.6 Å². The first-order valence-electron chi connectivity index (χ1n) is 44.6. The highest BCUT2D eigenvalue weighted by molar-refractivity contribution is 7.98. The monoisotopic (exact) mass is 1920 g/mol. The Hall–Kier alpha value is -13.6. The van der Waals surface area contributed by atoms with Gasteiger partial charge in [-0.3, -0.25) is 77.3 Å². The number of carboxylic acids is 2. The summed E-state index contributed by atoms with van der Waals surface area (Å²) in [5.41, 5.74) is 16.7. The van der Waals surface area contributed by atoms with Crippen LogP contribution in [0.4, 0.5) is 0 Å². The highest BCUT2D eigenvalue weighted by atomic mass is 32.2. The van der Waals surface area contributed by atoms with E-state index in [1.165, 1.54) is 23.6 Å². The summed E-state index contributed by atoms with van der Waals surface area (Å²) in [4.78, 5) is 241. The molecule has 4 aromatic carbocycles. The zero-order chi connectivity index (χ0) is 99.1. The number of aromatic amines is 4. The number of nitrogens with one attached hydrogen (secondary N) is 19. The van der Waals surface area contributed by atoms with E-state index in [1.807, 2.05) is 29.8 Å². The fourth-order valence-electron chi connectivity index (χ4n) is 15.8. The maximum absolute atomic E-state index is 15.4. The van der Waals surface area contributed by atoms with Crippen molar-refractivity contribution in [1.82, 2.24) is 99.3 Å². The number of aliphatic hydroxyl groups excluding tert-OH is 3. The number of aliphatic hydroxyl groups is 3. The number of hydrogen-bond donors (Lipinski definition) is 27. The number of nitrogens with zero attached hydrogens (tertiary/aromatic N) is 1. The molecule has 4 aromatic heterocycles. The lowest BCUT2D eigenvalue weighted by molar-refractivity contribution is -0.143. The van der Waals surface area contributed by atoms with Crippen molar-refractivity contribution in [2.24, 2.45) is 23.3 Å². The molecule has 28 N–H and O–H groups in total. The average Bonchev–Trinajstić information content (AvgIpc) is 1.67. The van der Waals surface area contributed by atoms with Crippen LogP contribution in [0.2, 0.25) is 0 Å². The van der Waals surface area contributed by atoms with Crippen LogP contribution < -0.4 is 85.9 Å². The van der Waals surface area contributed by atoms with Gasteiger partial charge in [-0.05, 0) is 122 Å². The lowest BCUT2D eigenvalue weighted by atomic mass is 9.98. The smallest absolute Gasteiger partial charge is 0.328 e. The summed E-state index contributed by atoms with van der Waals surface area (Å²) < 4.78 is 0. The van der Waals surface area contributed by atoms with Gasteiger partial charge in [-0.25, -0.2) is 4.79 Å². The van der Waals surface area contributed by atoms with Crippen molar-refractivity contribution in [3.05, 3.63) is 144 Å². The number of thiol groups is 1. The topological polar surface area (TPSA) is 685 Å². The van der Waals surface area contributed by atoms with E-state index in [2.05, 4.69) is 102 Å². The second-order valence-corrected chi connectivity index (χ2v) is 35.4. The number of thioether (sulfide) groups is 1.